The molecule has 2 rings (SSSR count). The maximum absolute atomic E-state index is 5.67. The molecule has 0 fully saturated rings. The second-order valence-electron chi connectivity index (χ2n) is 6.93. The molecule has 0 unspecified atom stereocenters. The molecule has 2 N–H and O–H groups in total. The number of hydrogen-bond donors (Lipinski definition) is 2. The van der Waals surface area contributed by atoms with Crippen molar-refractivity contribution in [1.29, 1.82) is 0 Å². The second-order valence-corrected chi connectivity index (χ2v) is 6.93. The fourth-order valence-corrected chi connectivity index (χ4v) is 2.12. The van der Waals surface area contributed by atoms with Gasteiger partial charge in [0.25, 0.3) is 0 Å². The van der Waals surface area contributed by atoms with Crippen molar-refractivity contribution in [3.05, 3.63) is 47.6 Å². The minimum atomic E-state index is -0.159. The highest BCUT2D eigenvalue weighted by Crippen LogP contribution is 2.19. The first kappa shape index (κ1) is 19.9. The highest BCUT2D eigenvalue weighted by Gasteiger charge is 2.21. The van der Waals surface area contributed by atoms with Gasteiger partial charge < -0.3 is 19.9 Å². The van der Waals surface area contributed by atoms with Gasteiger partial charge in [-0.1, -0.05) is 56.3 Å². The normalized spacial score (nSPS) is 12.2. The first-order chi connectivity index (χ1) is 12.5. The van der Waals surface area contributed by atoms with E-state index < -0.39 is 0 Å². The standard InChI is InChI=1S/C19H29N5O2/c1-5-20-18(21-11-12-25-14-15-9-7-6-8-10-15)22-13-16-23-17(26-24-16)19(2,3)4/h6-10H,5,11-14H2,1-4H3,(H2,20,21,22). The van der Waals surface area contributed by atoms with Gasteiger partial charge >= 0.3 is 0 Å². The fourth-order valence-electron chi connectivity index (χ4n) is 2.12. The highest BCUT2D eigenvalue weighted by molar-refractivity contribution is 5.79. The Kier molecular flexibility index (Phi) is 7.59. The van der Waals surface area contributed by atoms with Gasteiger partial charge in [0.05, 0.1) is 13.2 Å². The molecule has 0 aliphatic heterocycles. The number of guanidine groups is 1. The summed E-state index contributed by atoms with van der Waals surface area (Å²) in [5, 5.41) is 10.4. The predicted molar refractivity (Wildman–Crippen MR) is 102 cm³/mol. The van der Waals surface area contributed by atoms with Crippen LogP contribution in [0.15, 0.2) is 39.8 Å². The van der Waals surface area contributed by atoms with Crippen molar-refractivity contribution in [3.63, 3.8) is 0 Å². The van der Waals surface area contributed by atoms with Crippen LogP contribution < -0.4 is 10.6 Å². The number of nitrogens with zero attached hydrogens (tertiary/aromatic N) is 3. The van der Waals surface area contributed by atoms with E-state index in [0.29, 0.717) is 44.0 Å². The van der Waals surface area contributed by atoms with E-state index in [1.165, 1.54) is 5.56 Å². The van der Waals surface area contributed by atoms with Gasteiger partial charge in [0, 0.05) is 18.5 Å². The van der Waals surface area contributed by atoms with E-state index in [0.717, 1.165) is 6.54 Å². The lowest BCUT2D eigenvalue weighted by atomic mass is 9.97. The van der Waals surface area contributed by atoms with Crippen molar-refractivity contribution in [2.75, 3.05) is 19.7 Å². The van der Waals surface area contributed by atoms with E-state index in [1.807, 2.05) is 45.9 Å². The van der Waals surface area contributed by atoms with Crippen molar-refractivity contribution in [2.45, 2.75) is 46.3 Å². The zero-order chi connectivity index (χ0) is 18.8. The summed E-state index contributed by atoms with van der Waals surface area (Å²) < 4.78 is 11.0. The quantitative estimate of drug-likeness (QED) is 0.428. The molecule has 1 heterocycles. The lowest BCUT2D eigenvalue weighted by Gasteiger charge is -2.11. The minimum absolute atomic E-state index is 0.159. The average Bonchev–Trinajstić information content (AvgIpc) is 3.09. The van der Waals surface area contributed by atoms with E-state index in [-0.39, 0.29) is 5.41 Å². The Morgan fingerprint density at radius 3 is 2.62 bits per heavy atom. The molecular formula is C19H29N5O2. The summed E-state index contributed by atoms with van der Waals surface area (Å²) in [6, 6.07) is 10.1. The van der Waals surface area contributed by atoms with Crippen LogP contribution in [-0.2, 0) is 23.3 Å². The number of hydrogen-bond acceptors (Lipinski definition) is 5. The van der Waals surface area contributed by atoms with Crippen LogP contribution in [0, 0.1) is 0 Å². The van der Waals surface area contributed by atoms with Crippen molar-refractivity contribution in [1.82, 2.24) is 20.8 Å². The van der Waals surface area contributed by atoms with Gasteiger partial charge in [0.1, 0.15) is 6.54 Å². The molecule has 0 amide bonds. The van der Waals surface area contributed by atoms with Crippen molar-refractivity contribution in [3.8, 4) is 0 Å². The third kappa shape index (κ3) is 6.84. The summed E-state index contributed by atoms with van der Waals surface area (Å²) in [6.45, 7) is 11.1. The van der Waals surface area contributed by atoms with Gasteiger partial charge in [-0.05, 0) is 12.5 Å². The molecule has 0 spiro atoms. The third-order valence-electron chi connectivity index (χ3n) is 3.48. The summed E-state index contributed by atoms with van der Waals surface area (Å²) in [5.74, 6) is 1.90. The first-order valence-electron chi connectivity index (χ1n) is 8.96. The van der Waals surface area contributed by atoms with E-state index >= 15 is 0 Å². The molecule has 0 bridgehead atoms. The van der Waals surface area contributed by atoms with Crippen LogP contribution in [0.3, 0.4) is 0 Å². The molecule has 2 aromatic rings. The summed E-state index contributed by atoms with van der Waals surface area (Å²) in [6.07, 6.45) is 0. The topological polar surface area (TPSA) is 84.6 Å². The lowest BCUT2D eigenvalue weighted by molar-refractivity contribution is 0.125. The summed E-state index contributed by atoms with van der Waals surface area (Å²) in [7, 11) is 0. The molecule has 1 aromatic heterocycles. The number of rotatable bonds is 8. The Hall–Kier alpha value is -2.41. The Morgan fingerprint density at radius 1 is 1.19 bits per heavy atom. The molecule has 0 saturated carbocycles. The van der Waals surface area contributed by atoms with E-state index in [1.54, 1.807) is 0 Å². The average molecular weight is 359 g/mol. The first-order valence-corrected chi connectivity index (χ1v) is 8.96. The van der Waals surface area contributed by atoms with Crippen LogP contribution >= 0.6 is 0 Å². The van der Waals surface area contributed by atoms with Crippen molar-refractivity contribution in [2.24, 2.45) is 4.99 Å². The van der Waals surface area contributed by atoms with Gasteiger partial charge in [-0.25, -0.2) is 4.99 Å². The molecule has 0 saturated heterocycles. The lowest BCUT2D eigenvalue weighted by Crippen LogP contribution is -2.39. The molecule has 7 heteroatoms. The Morgan fingerprint density at radius 2 is 1.96 bits per heavy atom. The smallest absolute Gasteiger partial charge is 0.232 e. The Balaban J connectivity index is 1.76. The fraction of sp³-hybridized carbons (Fsp3) is 0.526. The van der Waals surface area contributed by atoms with Gasteiger partial charge in [0.2, 0.25) is 5.89 Å². The van der Waals surface area contributed by atoms with Gasteiger partial charge in [-0.15, -0.1) is 0 Å². The van der Waals surface area contributed by atoms with Crippen LogP contribution in [0.2, 0.25) is 0 Å². The largest absolute Gasteiger partial charge is 0.375 e. The molecular weight excluding hydrogens is 330 g/mol. The molecule has 7 nitrogen and oxygen atoms in total. The Bertz CT molecular complexity index is 677. The van der Waals surface area contributed by atoms with Gasteiger partial charge in [-0.2, -0.15) is 4.98 Å². The minimum Gasteiger partial charge on any atom is -0.375 e. The van der Waals surface area contributed by atoms with Crippen LogP contribution in [0.25, 0.3) is 0 Å². The molecule has 0 aliphatic carbocycles. The van der Waals surface area contributed by atoms with Crippen molar-refractivity contribution < 1.29 is 9.26 Å². The number of aliphatic imine (C=N–C) groups is 1. The molecule has 0 aliphatic rings. The molecule has 26 heavy (non-hydrogen) atoms. The summed E-state index contributed by atoms with van der Waals surface area (Å²) in [4.78, 5) is 8.88. The number of nitrogens with one attached hydrogen (secondary N) is 2. The monoisotopic (exact) mass is 359 g/mol. The van der Waals surface area contributed by atoms with Crippen LogP contribution in [0.5, 0.6) is 0 Å². The predicted octanol–water partition coefficient (Wildman–Crippen LogP) is 2.64. The third-order valence-corrected chi connectivity index (χ3v) is 3.48. The zero-order valence-corrected chi connectivity index (χ0v) is 16.1. The molecule has 1 aromatic carbocycles. The summed E-state index contributed by atoms with van der Waals surface area (Å²) in [5.41, 5.74) is 1.01. The summed E-state index contributed by atoms with van der Waals surface area (Å²) >= 11 is 0. The molecule has 0 radical (unpaired) electrons. The maximum atomic E-state index is 5.67. The van der Waals surface area contributed by atoms with Crippen molar-refractivity contribution >= 4 is 5.96 Å². The van der Waals surface area contributed by atoms with Crippen LogP contribution in [-0.4, -0.2) is 35.8 Å². The molecule has 142 valence electrons. The van der Waals surface area contributed by atoms with E-state index in [9.17, 15) is 0 Å². The van der Waals surface area contributed by atoms with Gasteiger partial charge in [0.15, 0.2) is 11.8 Å². The SMILES string of the molecule is CCNC(=NCc1noc(C(C)(C)C)n1)NCCOCc1ccccc1. The Labute approximate surface area is 155 Å². The second kappa shape index (κ2) is 9.91. The zero-order valence-electron chi connectivity index (χ0n) is 16.1. The van der Waals surface area contributed by atoms with Gasteiger partial charge in [-0.3, -0.25) is 0 Å². The number of benzene rings is 1. The van der Waals surface area contributed by atoms with Crippen LogP contribution in [0.4, 0.5) is 0 Å². The number of ether oxygens (including phenoxy) is 1. The van der Waals surface area contributed by atoms with E-state index in [2.05, 4.69) is 37.9 Å². The van der Waals surface area contributed by atoms with E-state index in [4.69, 9.17) is 9.26 Å². The molecule has 0 atom stereocenters. The number of aromatic nitrogens is 2. The highest BCUT2D eigenvalue weighted by atomic mass is 16.5. The van der Waals surface area contributed by atoms with Crippen LogP contribution in [0.1, 0.15) is 45.0 Å². The maximum Gasteiger partial charge on any atom is 0.232 e.